The number of pyridine rings is 1. The molecule has 1 aromatic carbocycles. The first kappa shape index (κ1) is 14.4. The SMILES string of the molecule is Cc1cccc(CNc2ccc(C(F)(F)F)nc2)c1C. The first-order valence-corrected chi connectivity index (χ1v) is 6.20. The van der Waals surface area contributed by atoms with Crippen LogP contribution in [0.2, 0.25) is 0 Å². The van der Waals surface area contributed by atoms with E-state index in [2.05, 4.69) is 10.3 Å². The van der Waals surface area contributed by atoms with Gasteiger partial charge < -0.3 is 5.32 Å². The number of aromatic nitrogens is 1. The van der Waals surface area contributed by atoms with Crippen LogP contribution in [0.4, 0.5) is 18.9 Å². The van der Waals surface area contributed by atoms with E-state index in [0.29, 0.717) is 12.2 Å². The number of nitrogens with zero attached hydrogens (tertiary/aromatic N) is 1. The van der Waals surface area contributed by atoms with Gasteiger partial charge in [-0.25, -0.2) is 4.98 Å². The Hall–Kier alpha value is -2.04. The maximum atomic E-state index is 12.4. The smallest absolute Gasteiger partial charge is 0.380 e. The fraction of sp³-hybridized carbons (Fsp3) is 0.267. The quantitative estimate of drug-likeness (QED) is 0.905. The van der Waals surface area contributed by atoms with Gasteiger partial charge in [-0.2, -0.15) is 13.2 Å². The van der Waals surface area contributed by atoms with Crippen molar-refractivity contribution in [3.8, 4) is 0 Å². The van der Waals surface area contributed by atoms with E-state index < -0.39 is 11.9 Å². The Bertz CT molecular complexity index is 589. The van der Waals surface area contributed by atoms with Crippen LogP contribution in [-0.4, -0.2) is 4.98 Å². The molecule has 1 heterocycles. The molecule has 0 fully saturated rings. The van der Waals surface area contributed by atoms with Gasteiger partial charge in [0, 0.05) is 6.54 Å². The summed E-state index contributed by atoms with van der Waals surface area (Å²) in [4.78, 5) is 3.41. The lowest BCUT2D eigenvalue weighted by Crippen LogP contribution is -2.08. The van der Waals surface area contributed by atoms with Crippen molar-refractivity contribution in [2.45, 2.75) is 26.6 Å². The molecular weight excluding hydrogens is 265 g/mol. The predicted octanol–water partition coefficient (Wildman–Crippen LogP) is 4.33. The highest BCUT2D eigenvalue weighted by Crippen LogP contribution is 2.27. The van der Waals surface area contributed by atoms with E-state index in [1.807, 2.05) is 32.0 Å². The number of nitrogens with one attached hydrogen (secondary N) is 1. The Kier molecular flexibility index (Phi) is 3.97. The van der Waals surface area contributed by atoms with E-state index in [9.17, 15) is 13.2 Å². The van der Waals surface area contributed by atoms with Crippen molar-refractivity contribution in [2.75, 3.05) is 5.32 Å². The topological polar surface area (TPSA) is 24.9 Å². The van der Waals surface area contributed by atoms with Crippen molar-refractivity contribution < 1.29 is 13.2 Å². The van der Waals surface area contributed by atoms with Crippen LogP contribution in [0.3, 0.4) is 0 Å². The first-order valence-electron chi connectivity index (χ1n) is 6.20. The summed E-state index contributed by atoms with van der Waals surface area (Å²) in [6.45, 7) is 4.61. The summed E-state index contributed by atoms with van der Waals surface area (Å²) < 4.78 is 37.2. The summed E-state index contributed by atoms with van der Waals surface area (Å²) in [5.41, 5.74) is 3.17. The van der Waals surface area contributed by atoms with Gasteiger partial charge in [0.25, 0.3) is 0 Å². The summed E-state index contributed by atoms with van der Waals surface area (Å²) in [7, 11) is 0. The molecule has 20 heavy (non-hydrogen) atoms. The number of anilines is 1. The summed E-state index contributed by atoms with van der Waals surface area (Å²) in [5.74, 6) is 0. The van der Waals surface area contributed by atoms with E-state index in [-0.39, 0.29) is 0 Å². The van der Waals surface area contributed by atoms with Crippen LogP contribution in [-0.2, 0) is 12.7 Å². The van der Waals surface area contributed by atoms with Crippen LogP contribution in [0, 0.1) is 13.8 Å². The Balaban J connectivity index is 2.06. The molecule has 0 aliphatic rings. The maximum Gasteiger partial charge on any atom is 0.433 e. The molecule has 1 aromatic heterocycles. The third kappa shape index (κ3) is 3.29. The average molecular weight is 280 g/mol. The molecule has 0 amide bonds. The minimum atomic E-state index is -4.40. The number of rotatable bonds is 3. The van der Waals surface area contributed by atoms with E-state index in [0.717, 1.165) is 11.6 Å². The third-order valence-electron chi connectivity index (χ3n) is 3.25. The molecule has 0 atom stereocenters. The van der Waals surface area contributed by atoms with Gasteiger partial charge in [0.1, 0.15) is 5.69 Å². The van der Waals surface area contributed by atoms with Gasteiger partial charge >= 0.3 is 6.18 Å². The number of hydrogen-bond acceptors (Lipinski definition) is 2. The molecule has 0 unspecified atom stereocenters. The zero-order valence-electron chi connectivity index (χ0n) is 11.3. The molecule has 0 saturated carbocycles. The fourth-order valence-electron chi connectivity index (χ4n) is 1.87. The average Bonchev–Trinajstić information content (AvgIpc) is 2.40. The van der Waals surface area contributed by atoms with Crippen molar-refractivity contribution in [1.82, 2.24) is 4.98 Å². The van der Waals surface area contributed by atoms with E-state index in [1.54, 1.807) is 0 Å². The van der Waals surface area contributed by atoms with Crippen molar-refractivity contribution in [2.24, 2.45) is 0 Å². The minimum absolute atomic E-state index is 0.556. The zero-order valence-corrected chi connectivity index (χ0v) is 11.3. The summed E-state index contributed by atoms with van der Waals surface area (Å²) in [6, 6.07) is 8.35. The van der Waals surface area contributed by atoms with Gasteiger partial charge in [0.05, 0.1) is 11.9 Å². The molecule has 106 valence electrons. The van der Waals surface area contributed by atoms with Gasteiger partial charge in [-0.05, 0) is 42.7 Å². The Labute approximate surface area is 115 Å². The fourth-order valence-corrected chi connectivity index (χ4v) is 1.87. The highest BCUT2D eigenvalue weighted by molar-refractivity contribution is 5.43. The molecule has 2 rings (SSSR count). The number of alkyl halides is 3. The monoisotopic (exact) mass is 280 g/mol. The van der Waals surface area contributed by atoms with Crippen molar-refractivity contribution in [3.05, 3.63) is 58.9 Å². The van der Waals surface area contributed by atoms with Crippen molar-refractivity contribution >= 4 is 5.69 Å². The standard InChI is InChI=1S/C15H15F3N2/c1-10-4-3-5-12(11(10)2)8-19-13-6-7-14(20-9-13)15(16,17)18/h3-7,9,19H,8H2,1-2H3. The molecule has 2 aromatic rings. The third-order valence-corrected chi connectivity index (χ3v) is 3.25. The molecule has 0 bridgehead atoms. The summed E-state index contributed by atoms with van der Waals surface area (Å²) in [6.07, 6.45) is -3.19. The second-order valence-corrected chi connectivity index (χ2v) is 4.64. The Morgan fingerprint density at radius 3 is 2.45 bits per heavy atom. The lowest BCUT2D eigenvalue weighted by atomic mass is 10.0. The number of benzene rings is 1. The number of hydrogen-bond donors (Lipinski definition) is 1. The Morgan fingerprint density at radius 2 is 1.85 bits per heavy atom. The molecule has 2 nitrogen and oxygen atoms in total. The van der Waals surface area contributed by atoms with Gasteiger partial charge in [-0.3, -0.25) is 0 Å². The number of aryl methyl sites for hydroxylation is 1. The molecule has 0 saturated heterocycles. The van der Waals surface area contributed by atoms with Gasteiger partial charge in [0.15, 0.2) is 0 Å². The van der Waals surface area contributed by atoms with Crippen LogP contribution < -0.4 is 5.32 Å². The molecule has 1 N–H and O–H groups in total. The normalized spacial score (nSPS) is 11.4. The van der Waals surface area contributed by atoms with E-state index in [4.69, 9.17) is 0 Å². The minimum Gasteiger partial charge on any atom is -0.380 e. The highest BCUT2D eigenvalue weighted by atomic mass is 19.4. The lowest BCUT2D eigenvalue weighted by molar-refractivity contribution is -0.141. The molecule has 0 radical (unpaired) electrons. The largest absolute Gasteiger partial charge is 0.433 e. The van der Waals surface area contributed by atoms with Crippen LogP contribution in [0.5, 0.6) is 0 Å². The molecule has 0 spiro atoms. The lowest BCUT2D eigenvalue weighted by Gasteiger charge is -2.11. The summed E-state index contributed by atoms with van der Waals surface area (Å²) >= 11 is 0. The van der Waals surface area contributed by atoms with Crippen LogP contribution in [0.25, 0.3) is 0 Å². The van der Waals surface area contributed by atoms with Crippen LogP contribution in [0.1, 0.15) is 22.4 Å². The predicted molar refractivity (Wildman–Crippen MR) is 72.5 cm³/mol. The summed E-state index contributed by atoms with van der Waals surface area (Å²) in [5, 5.41) is 3.08. The second-order valence-electron chi connectivity index (χ2n) is 4.64. The first-order chi connectivity index (χ1) is 9.38. The molecule has 5 heteroatoms. The highest BCUT2D eigenvalue weighted by Gasteiger charge is 2.31. The maximum absolute atomic E-state index is 12.4. The second kappa shape index (κ2) is 5.53. The van der Waals surface area contributed by atoms with Crippen molar-refractivity contribution in [3.63, 3.8) is 0 Å². The van der Waals surface area contributed by atoms with Gasteiger partial charge in [-0.15, -0.1) is 0 Å². The van der Waals surface area contributed by atoms with Gasteiger partial charge in [0.2, 0.25) is 0 Å². The van der Waals surface area contributed by atoms with Crippen molar-refractivity contribution in [1.29, 1.82) is 0 Å². The molecular formula is C15H15F3N2. The van der Waals surface area contributed by atoms with E-state index in [1.165, 1.54) is 23.4 Å². The van der Waals surface area contributed by atoms with E-state index >= 15 is 0 Å². The van der Waals surface area contributed by atoms with Crippen LogP contribution in [0.15, 0.2) is 36.5 Å². The van der Waals surface area contributed by atoms with Crippen LogP contribution >= 0.6 is 0 Å². The molecule has 0 aliphatic heterocycles. The molecule has 0 aliphatic carbocycles. The number of halogens is 3. The van der Waals surface area contributed by atoms with Gasteiger partial charge in [-0.1, -0.05) is 18.2 Å². The zero-order chi connectivity index (χ0) is 14.8. The Morgan fingerprint density at radius 1 is 1.10 bits per heavy atom.